The number of nitrogens with one attached hydrogen (secondary N) is 9. The smallest absolute Gasteiger partial charge is 0.303 e. The van der Waals surface area contributed by atoms with Crippen LogP contribution < -0.4 is 99.5 Å². The van der Waals surface area contributed by atoms with Gasteiger partial charge in [-0.25, -0.2) is 0 Å². The highest BCUT2D eigenvalue weighted by molar-refractivity contribution is 6.02. The Bertz CT molecular complexity index is 2210. The fraction of sp³-hybridized carbons (Fsp3) is 0.731. The third-order valence-corrected chi connectivity index (χ3v) is 13.5. The van der Waals surface area contributed by atoms with Crippen LogP contribution in [-0.2, 0) is 52.7 Å². The number of nitrogens with zero attached hydrogens (tertiary/aromatic N) is 2. The zero-order valence-electron chi connectivity index (χ0n) is 49.0. The maximum atomic E-state index is 14.2. The summed E-state index contributed by atoms with van der Waals surface area (Å²) in [6.07, 6.45) is 3.84. The number of rotatable bonds is 45. The van der Waals surface area contributed by atoms with Crippen molar-refractivity contribution in [3.8, 4) is 0 Å². The molecular weight excluding hydrogens is 1110 g/mol. The van der Waals surface area contributed by atoms with Crippen LogP contribution in [0, 0.1) is 0 Å². The second kappa shape index (κ2) is 43.5. The molecule has 1 saturated heterocycles. The van der Waals surface area contributed by atoms with Crippen molar-refractivity contribution >= 4 is 71.0 Å². The van der Waals surface area contributed by atoms with Crippen LogP contribution in [-0.4, -0.2) is 206 Å². The van der Waals surface area contributed by atoms with Crippen LogP contribution >= 0.6 is 0 Å². The van der Waals surface area contributed by atoms with Crippen LogP contribution in [0.4, 0.5) is 0 Å². The number of hydrogen-bond donors (Lipinski definition) is 20. The number of amides is 10. The minimum atomic E-state index is -1.59. The Labute approximate surface area is 496 Å². The minimum absolute atomic E-state index is 0.00165. The number of aliphatic hydroxyl groups excluding tert-OH is 1. The molecule has 0 aromatic rings. The number of aliphatic imine (C=N–C) groups is 1. The molecule has 33 heteroatoms. The Morgan fingerprint density at radius 2 is 1.19 bits per heavy atom. The Balaban J connectivity index is 3.36. The third kappa shape index (κ3) is 30.5. The molecule has 0 spiro atoms. The number of aliphatic carboxylic acids is 1. The van der Waals surface area contributed by atoms with Gasteiger partial charge in [-0.3, -0.25) is 57.7 Å². The van der Waals surface area contributed by atoms with E-state index in [1.165, 1.54) is 17.9 Å². The molecule has 484 valence electrons. The number of unbranched alkanes of at least 4 members (excludes halogenated alkanes) is 4. The summed E-state index contributed by atoms with van der Waals surface area (Å²) in [6, 6.07) is -10.5. The first kappa shape index (κ1) is 75.9. The van der Waals surface area contributed by atoms with Gasteiger partial charge in [0.15, 0.2) is 5.96 Å². The lowest BCUT2D eigenvalue weighted by Gasteiger charge is -2.30. The molecule has 85 heavy (non-hydrogen) atoms. The first-order valence-electron chi connectivity index (χ1n) is 29.1. The predicted molar refractivity (Wildman–Crippen MR) is 315 cm³/mol. The molecule has 1 aliphatic rings. The normalized spacial score (nSPS) is 15.9. The highest BCUT2D eigenvalue weighted by Gasteiger charge is 2.40. The van der Waals surface area contributed by atoms with Crippen molar-refractivity contribution < 1.29 is 63.0 Å². The molecular formula is C52H98N20O13. The molecule has 33 nitrogen and oxygen atoms in total. The molecule has 0 aromatic carbocycles. The number of likely N-dealkylation sites (tertiary alicyclic amines) is 1. The van der Waals surface area contributed by atoms with Gasteiger partial charge in [-0.1, -0.05) is 12.5 Å². The van der Waals surface area contributed by atoms with Gasteiger partial charge in [-0.05, 0) is 142 Å². The molecule has 0 aliphatic carbocycles. The van der Waals surface area contributed by atoms with Crippen LogP contribution in [0.1, 0.15) is 122 Å². The first-order chi connectivity index (χ1) is 40.5. The van der Waals surface area contributed by atoms with E-state index in [1.807, 2.05) is 0 Å². The van der Waals surface area contributed by atoms with Crippen LogP contribution in [0.2, 0.25) is 0 Å². The Hall–Kier alpha value is -7.14. The fourth-order valence-electron chi connectivity index (χ4n) is 8.65. The predicted octanol–water partition coefficient (Wildman–Crippen LogP) is -7.82. The van der Waals surface area contributed by atoms with E-state index in [9.17, 15) is 63.0 Å². The molecule has 0 saturated carbocycles. The van der Waals surface area contributed by atoms with E-state index >= 15 is 0 Å². The average Bonchev–Trinajstić information content (AvgIpc) is 4.17. The van der Waals surface area contributed by atoms with E-state index in [0.717, 1.165) is 0 Å². The lowest BCUT2D eigenvalue weighted by Crippen LogP contribution is -2.60. The zero-order valence-corrected chi connectivity index (χ0v) is 49.0. The second-order valence-corrected chi connectivity index (χ2v) is 20.5. The van der Waals surface area contributed by atoms with Crippen molar-refractivity contribution in [1.82, 2.24) is 52.8 Å². The molecule has 0 aromatic heterocycles. The lowest BCUT2D eigenvalue weighted by molar-refractivity contribution is -0.142. The van der Waals surface area contributed by atoms with Gasteiger partial charge in [-0.2, -0.15) is 0 Å². The maximum absolute atomic E-state index is 14.2. The van der Waals surface area contributed by atoms with E-state index in [-0.39, 0.29) is 89.2 Å². The Kier molecular flexibility index (Phi) is 38.8. The standard InChI is InChI=1S/C52H98N20O13/c1-31(65-50(84)42(39(73)29-58)71-44(78)32(59)13-2-5-21-53)43(77)64-30-40(74)66-37(16-10-25-57)51(85)72-28-12-18-38(72)49(83)70-36(19-20-41(75)76)48(82)68-34(15-4-7-23-55)46(80)69-35(17-11-27-63-52(60)61)47(81)67-33(14-3-6-22-54)45(79)62-26-9-8-24-56/h17,31-34,36-39,42,73H,2-16,18-30,53-59H2,1H3,(H,62,79)(H,64,77)(H,65,84)(H,66,74)(H,67,81)(H,68,82)(H,69,80)(H,70,83)(H,71,78)(H,75,76)(H4,60,61,63)/b35-17-/t31-,32-,33-,34-,36-,37+,38-,39-,42-/m0/s1. The number of hydrogen-bond acceptors (Lipinski definition) is 20. The number of carbonyl (C=O) groups excluding carboxylic acids is 10. The highest BCUT2D eigenvalue weighted by Crippen LogP contribution is 2.21. The van der Waals surface area contributed by atoms with Gasteiger partial charge < -0.3 is 115 Å². The van der Waals surface area contributed by atoms with Crippen LogP contribution in [0.3, 0.4) is 0 Å². The number of carbonyl (C=O) groups is 11. The number of aliphatic hydroxyl groups is 1. The molecule has 10 amide bonds. The van der Waals surface area contributed by atoms with Gasteiger partial charge in [0.05, 0.1) is 18.7 Å². The Morgan fingerprint density at radius 1 is 0.612 bits per heavy atom. The SMILES string of the molecule is C[C@H](NC(=O)[C@@H](NC(=O)[C@@H](N)CCCCN)[C@@H](O)CN)C(=O)NCC(=O)N[C@H](CCCN)C(=O)N1CCC[C@H]1C(=O)N[C@@H](CCC(=O)O)C(=O)N[C@@H](CCCCN)C(=O)N/C(=C\CCN=C(N)N)C(=O)N[C@@H](CCCCN)C(=O)NCCCCN. The number of guanidine groups is 1. The van der Waals surface area contributed by atoms with Gasteiger partial charge >= 0.3 is 5.97 Å². The minimum Gasteiger partial charge on any atom is -0.481 e. The molecule has 0 radical (unpaired) electrons. The van der Waals surface area contributed by atoms with Crippen molar-refractivity contribution in [2.45, 2.75) is 177 Å². The molecule has 0 bridgehead atoms. The molecule has 1 rings (SSSR count). The van der Waals surface area contributed by atoms with Gasteiger partial charge in [0.25, 0.3) is 5.91 Å². The summed E-state index contributed by atoms with van der Waals surface area (Å²) in [4.78, 5) is 153. The molecule has 1 aliphatic heterocycles. The first-order valence-corrected chi connectivity index (χ1v) is 29.1. The summed E-state index contributed by atoms with van der Waals surface area (Å²) in [7, 11) is 0. The summed E-state index contributed by atoms with van der Waals surface area (Å²) in [6.45, 7) is 1.91. The van der Waals surface area contributed by atoms with Gasteiger partial charge in [0, 0.05) is 32.6 Å². The van der Waals surface area contributed by atoms with E-state index in [2.05, 4.69) is 52.8 Å². The molecule has 9 atom stereocenters. The van der Waals surface area contributed by atoms with E-state index in [4.69, 9.17) is 51.6 Å². The molecule has 1 fully saturated rings. The monoisotopic (exact) mass is 1210 g/mol. The van der Waals surface area contributed by atoms with Crippen LogP contribution in [0.5, 0.6) is 0 Å². The van der Waals surface area contributed by atoms with Gasteiger partial charge in [0.2, 0.25) is 53.2 Å². The van der Waals surface area contributed by atoms with E-state index < -0.39 is 145 Å². The zero-order chi connectivity index (χ0) is 63.9. The van der Waals surface area contributed by atoms with Crippen LogP contribution in [0.15, 0.2) is 16.8 Å². The largest absolute Gasteiger partial charge is 0.481 e. The van der Waals surface area contributed by atoms with Crippen molar-refractivity contribution in [3.05, 3.63) is 11.8 Å². The van der Waals surface area contributed by atoms with Crippen molar-refractivity contribution in [2.24, 2.45) is 56.6 Å². The number of nitrogens with two attached hydrogens (primary N) is 9. The topological polar surface area (TPSA) is 586 Å². The summed E-state index contributed by atoms with van der Waals surface area (Å²) >= 11 is 0. The van der Waals surface area contributed by atoms with Gasteiger partial charge in [-0.15, -0.1) is 0 Å². The third-order valence-electron chi connectivity index (χ3n) is 13.5. The van der Waals surface area contributed by atoms with Gasteiger partial charge in [0.1, 0.15) is 48.0 Å². The van der Waals surface area contributed by atoms with Crippen LogP contribution in [0.25, 0.3) is 0 Å². The van der Waals surface area contributed by atoms with Crippen molar-refractivity contribution in [3.63, 3.8) is 0 Å². The van der Waals surface area contributed by atoms with E-state index in [1.54, 1.807) is 0 Å². The summed E-state index contributed by atoms with van der Waals surface area (Å²) in [5.74, 6) is -9.77. The number of carboxylic acid groups (broad SMARTS) is 1. The summed E-state index contributed by atoms with van der Waals surface area (Å²) in [5.41, 5.74) is 50.5. The molecule has 29 N–H and O–H groups in total. The summed E-state index contributed by atoms with van der Waals surface area (Å²) < 4.78 is 0. The molecule has 1 heterocycles. The average molecular weight is 1210 g/mol. The van der Waals surface area contributed by atoms with Crippen molar-refractivity contribution in [1.29, 1.82) is 0 Å². The number of carboxylic acids is 1. The quantitative estimate of drug-likeness (QED) is 0.0117. The van der Waals surface area contributed by atoms with E-state index in [0.29, 0.717) is 77.5 Å². The van der Waals surface area contributed by atoms with Crippen molar-refractivity contribution in [2.75, 3.05) is 65.4 Å². The lowest BCUT2D eigenvalue weighted by atomic mass is 10.0. The summed E-state index contributed by atoms with van der Waals surface area (Å²) in [5, 5.41) is 42.9. The Morgan fingerprint density at radius 3 is 1.78 bits per heavy atom. The highest BCUT2D eigenvalue weighted by atomic mass is 16.4. The maximum Gasteiger partial charge on any atom is 0.303 e. The fourth-order valence-corrected chi connectivity index (χ4v) is 8.65. The second-order valence-electron chi connectivity index (χ2n) is 20.5. The molecule has 0 unspecified atom stereocenters.